The molecule has 0 unspecified atom stereocenters. The van der Waals surface area contributed by atoms with Crippen molar-refractivity contribution in [3.63, 3.8) is 0 Å². The fourth-order valence-electron chi connectivity index (χ4n) is 2.43. The number of hydrogen-bond donors (Lipinski definition) is 1. The predicted molar refractivity (Wildman–Crippen MR) is 92.9 cm³/mol. The molecule has 1 N–H and O–H groups in total. The average molecular weight is 350 g/mol. The van der Waals surface area contributed by atoms with E-state index >= 15 is 0 Å². The van der Waals surface area contributed by atoms with Crippen LogP contribution in [0.15, 0.2) is 48.5 Å². The van der Waals surface area contributed by atoms with Crippen LogP contribution in [0.25, 0.3) is 0 Å². The number of cyclic esters (lactones) is 1. The van der Waals surface area contributed by atoms with Crippen molar-refractivity contribution in [2.24, 2.45) is 0 Å². The highest BCUT2D eigenvalue weighted by atomic mass is 35.5. The van der Waals surface area contributed by atoms with Crippen molar-refractivity contribution in [2.45, 2.75) is 19.6 Å². The van der Waals surface area contributed by atoms with Gasteiger partial charge in [-0.05, 0) is 30.2 Å². The molecular formula is C18H20ClNO4. The van der Waals surface area contributed by atoms with Crippen molar-refractivity contribution in [3.05, 3.63) is 59.7 Å². The van der Waals surface area contributed by atoms with Gasteiger partial charge in [-0.3, -0.25) is 0 Å². The quantitative estimate of drug-likeness (QED) is 0.860. The molecule has 2 aromatic rings. The van der Waals surface area contributed by atoms with Gasteiger partial charge in [-0.1, -0.05) is 36.4 Å². The zero-order valence-corrected chi connectivity index (χ0v) is 14.2. The fourth-order valence-corrected chi connectivity index (χ4v) is 2.43. The molecule has 1 heterocycles. The van der Waals surface area contributed by atoms with E-state index in [2.05, 4.69) is 5.32 Å². The van der Waals surface area contributed by atoms with E-state index in [0.29, 0.717) is 31.3 Å². The highest BCUT2D eigenvalue weighted by Gasteiger charge is 2.24. The first-order valence-electron chi connectivity index (χ1n) is 7.63. The van der Waals surface area contributed by atoms with Gasteiger partial charge in [0.1, 0.15) is 13.2 Å². The molecule has 6 heteroatoms. The van der Waals surface area contributed by atoms with E-state index in [1.807, 2.05) is 55.5 Å². The summed E-state index contributed by atoms with van der Waals surface area (Å²) >= 11 is 0. The largest absolute Gasteiger partial charge is 0.490 e. The summed E-state index contributed by atoms with van der Waals surface area (Å²) in [6.07, 6.45) is -0.391. The standard InChI is InChI=1S/C18H19NO4.ClH/c1-2-21-17-10-14(15-12-23-18(20)19-15)8-9-16(17)22-11-13-6-4-3-5-7-13;/h3-10,15H,2,11-12H2,1H3,(H,19,20);1H/t15-;/m0./s1. The normalized spacial score (nSPS) is 15.9. The number of nitrogens with one attached hydrogen (secondary N) is 1. The summed E-state index contributed by atoms with van der Waals surface area (Å²) < 4.78 is 16.5. The molecule has 5 nitrogen and oxygen atoms in total. The Morgan fingerprint density at radius 1 is 1.12 bits per heavy atom. The molecule has 1 aliphatic rings. The van der Waals surface area contributed by atoms with Crippen LogP contribution in [0, 0.1) is 0 Å². The van der Waals surface area contributed by atoms with E-state index < -0.39 is 6.09 Å². The first-order valence-corrected chi connectivity index (χ1v) is 7.63. The molecule has 0 aliphatic carbocycles. The van der Waals surface area contributed by atoms with Gasteiger partial charge in [0.2, 0.25) is 0 Å². The molecule has 1 amide bonds. The van der Waals surface area contributed by atoms with Gasteiger partial charge in [0, 0.05) is 0 Å². The zero-order chi connectivity index (χ0) is 16.1. The van der Waals surface area contributed by atoms with Crippen LogP contribution in [0.2, 0.25) is 0 Å². The van der Waals surface area contributed by atoms with Crippen LogP contribution in [-0.4, -0.2) is 19.3 Å². The van der Waals surface area contributed by atoms with Gasteiger partial charge >= 0.3 is 6.09 Å². The minimum atomic E-state index is -0.391. The smallest absolute Gasteiger partial charge is 0.407 e. The minimum Gasteiger partial charge on any atom is -0.490 e. The Morgan fingerprint density at radius 2 is 1.92 bits per heavy atom. The molecule has 0 radical (unpaired) electrons. The molecule has 1 atom stereocenters. The van der Waals surface area contributed by atoms with Crippen LogP contribution in [0.1, 0.15) is 24.1 Å². The number of hydrogen-bond acceptors (Lipinski definition) is 4. The lowest BCUT2D eigenvalue weighted by Gasteiger charge is -2.15. The van der Waals surface area contributed by atoms with Gasteiger partial charge in [-0.15, -0.1) is 12.4 Å². The second-order valence-electron chi connectivity index (χ2n) is 5.21. The van der Waals surface area contributed by atoms with Gasteiger partial charge in [0.25, 0.3) is 0 Å². The lowest BCUT2D eigenvalue weighted by molar-refractivity contribution is 0.177. The molecule has 0 aromatic heterocycles. The number of alkyl carbamates (subject to hydrolysis) is 1. The molecule has 128 valence electrons. The van der Waals surface area contributed by atoms with Crippen molar-refractivity contribution in [2.75, 3.05) is 13.2 Å². The first kappa shape index (κ1) is 17.9. The van der Waals surface area contributed by atoms with Crippen LogP contribution < -0.4 is 14.8 Å². The summed E-state index contributed by atoms with van der Waals surface area (Å²) in [5, 5.41) is 2.76. The maximum Gasteiger partial charge on any atom is 0.407 e. The molecule has 0 saturated carbocycles. The van der Waals surface area contributed by atoms with Crippen molar-refractivity contribution in [1.29, 1.82) is 0 Å². The molecule has 1 aliphatic heterocycles. The highest BCUT2D eigenvalue weighted by molar-refractivity contribution is 5.85. The lowest BCUT2D eigenvalue weighted by atomic mass is 10.1. The molecular weight excluding hydrogens is 330 g/mol. The number of amides is 1. The third kappa shape index (κ3) is 4.32. The third-order valence-electron chi connectivity index (χ3n) is 3.58. The van der Waals surface area contributed by atoms with Gasteiger partial charge in [-0.2, -0.15) is 0 Å². The van der Waals surface area contributed by atoms with E-state index in [-0.39, 0.29) is 18.4 Å². The third-order valence-corrected chi connectivity index (χ3v) is 3.58. The van der Waals surface area contributed by atoms with Crippen molar-refractivity contribution in [1.82, 2.24) is 5.32 Å². The second kappa shape index (κ2) is 8.45. The van der Waals surface area contributed by atoms with Crippen LogP contribution >= 0.6 is 12.4 Å². The number of ether oxygens (including phenoxy) is 3. The van der Waals surface area contributed by atoms with Crippen molar-refractivity contribution >= 4 is 18.5 Å². The predicted octanol–water partition coefficient (Wildman–Crippen LogP) is 3.87. The van der Waals surface area contributed by atoms with Crippen molar-refractivity contribution < 1.29 is 19.0 Å². The Balaban J connectivity index is 0.00000208. The Hall–Kier alpha value is -2.40. The highest BCUT2D eigenvalue weighted by Crippen LogP contribution is 2.32. The summed E-state index contributed by atoms with van der Waals surface area (Å²) in [5.74, 6) is 1.35. The summed E-state index contributed by atoms with van der Waals surface area (Å²) in [4.78, 5) is 11.2. The number of carbonyl (C=O) groups is 1. The molecule has 2 aromatic carbocycles. The van der Waals surface area contributed by atoms with E-state index in [1.165, 1.54) is 0 Å². The summed E-state index contributed by atoms with van der Waals surface area (Å²) in [7, 11) is 0. The monoisotopic (exact) mass is 349 g/mol. The van der Waals surface area contributed by atoms with Gasteiger partial charge in [0.05, 0.1) is 12.6 Å². The number of halogens is 1. The molecule has 24 heavy (non-hydrogen) atoms. The number of carbonyl (C=O) groups excluding carboxylic acids is 1. The summed E-state index contributed by atoms with van der Waals surface area (Å²) in [6.45, 7) is 3.27. The Bertz CT molecular complexity index is 678. The maximum absolute atomic E-state index is 11.2. The van der Waals surface area contributed by atoms with Crippen LogP contribution in [0.5, 0.6) is 11.5 Å². The Morgan fingerprint density at radius 3 is 2.58 bits per heavy atom. The van der Waals surface area contributed by atoms with Crippen LogP contribution in [-0.2, 0) is 11.3 Å². The van der Waals surface area contributed by atoms with E-state index in [0.717, 1.165) is 11.1 Å². The molecule has 0 bridgehead atoms. The Kier molecular flexibility index (Phi) is 6.32. The lowest BCUT2D eigenvalue weighted by Crippen LogP contribution is -2.18. The zero-order valence-electron chi connectivity index (χ0n) is 13.4. The number of rotatable bonds is 6. The first-order chi connectivity index (χ1) is 11.3. The molecule has 1 saturated heterocycles. The van der Waals surface area contributed by atoms with Gasteiger partial charge in [0.15, 0.2) is 11.5 Å². The SMILES string of the molecule is CCOc1cc([C@@H]2COC(=O)N2)ccc1OCc1ccccc1.Cl. The van der Waals surface area contributed by atoms with E-state index in [4.69, 9.17) is 14.2 Å². The second-order valence-corrected chi connectivity index (χ2v) is 5.21. The van der Waals surface area contributed by atoms with E-state index in [1.54, 1.807) is 0 Å². The molecule has 0 spiro atoms. The van der Waals surface area contributed by atoms with Crippen LogP contribution in [0.4, 0.5) is 4.79 Å². The fraction of sp³-hybridized carbons (Fsp3) is 0.278. The van der Waals surface area contributed by atoms with Gasteiger partial charge in [-0.25, -0.2) is 4.79 Å². The Labute approximate surface area is 147 Å². The average Bonchev–Trinajstić information content (AvgIpc) is 3.01. The van der Waals surface area contributed by atoms with Crippen molar-refractivity contribution in [3.8, 4) is 11.5 Å². The molecule has 3 rings (SSSR count). The minimum absolute atomic E-state index is 0. The topological polar surface area (TPSA) is 56.8 Å². The van der Waals surface area contributed by atoms with Crippen LogP contribution in [0.3, 0.4) is 0 Å². The molecule has 1 fully saturated rings. The maximum atomic E-state index is 11.2. The van der Waals surface area contributed by atoms with E-state index in [9.17, 15) is 4.79 Å². The summed E-state index contributed by atoms with van der Waals surface area (Å²) in [5.41, 5.74) is 2.03. The number of benzene rings is 2. The van der Waals surface area contributed by atoms with Gasteiger partial charge < -0.3 is 19.5 Å². The summed E-state index contributed by atoms with van der Waals surface area (Å²) in [6, 6.07) is 15.5.